The lowest BCUT2D eigenvalue weighted by Crippen LogP contribution is -2.46. The molecular weight excluding hydrogens is 280 g/mol. The van der Waals surface area contributed by atoms with Gasteiger partial charge in [-0.25, -0.2) is 0 Å². The zero-order valence-electron chi connectivity index (χ0n) is 15.3. The van der Waals surface area contributed by atoms with Gasteiger partial charge in [-0.1, -0.05) is 6.92 Å². The number of carbonyl (C=O) groups is 1. The summed E-state index contributed by atoms with van der Waals surface area (Å²) < 4.78 is 5.74. The third kappa shape index (κ3) is 4.95. The molecule has 1 aliphatic rings. The topological polar surface area (TPSA) is 66.8 Å². The van der Waals surface area contributed by atoms with Crippen LogP contribution < -0.4 is 0 Å². The van der Waals surface area contributed by atoms with E-state index in [1.54, 1.807) is 27.7 Å². The third-order valence-electron chi connectivity index (χ3n) is 5.37. The van der Waals surface area contributed by atoms with E-state index in [4.69, 9.17) is 4.74 Å². The summed E-state index contributed by atoms with van der Waals surface area (Å²) in [6.07, 6.45) is 2.55. The summed E-state index contributed by atoms with van der Waals surface area (Å²) in [4.78, 5) is 12.3. The third-order valence-corrected chi connectivity index (χ3v) is 5.37. The van der Waals surface area contributed by atoms with Gasteiger partial charge in [0, 0.05) is 0 Å². The molecule has 1 rings (SSSR count). The Morgan fingerprint density at radius 2 is 1.36 bits per heavy atom. The van der Waals surface area contributed by atoms with E-state index < -0.39 is 16.6 Å². The number of hydrogen-bond donors (Lipinski definition) is 2. The Hall–Kier alpha value is -0.610. The molecule has 0 saturated heterocycles. The van der Waals surface area contributed by atoms with Gasteiger partial charge in [-0.05, 0) is 79.1 Å². The van der Waals surface area contributed by atoms with Crippen molar-refractivity contribution in [3.05, 3.63) is 0 Å². The molecule has 4 heteroatoms. The fourth-order valence-corrected chi connectivity index (χ4v) is 2.97. The highest BCUT2D eigenvalue weighted by atomic mass is 16.5. The smallest absolute Gasteiger partial charge is 0.311 e. The summed E-state index contributed by atoms with van der Waals surface area (Å²) in [7, 11) is 0. The maximum atomic E-state index is 12.3. The minimum absolute atomic E-state index is 0.0141. The SMILES string of the molecule is CCC(C)(C)C(=O)OC1CC(C(C)(C)O)CC(C(C)(C)O)C1. The van der Waals surface area contributed by atoms with Gasteiger partial charge < -0.3 is 14.9 Å². The molecule has 2 atom stereocenters. The van der Waals surface area contributed by atoms with Crippen molar-refractivity contribution in [3.63, 3.8) is 0 Å². The second kappa shape index (κ2) is 6.48. The predicted octanol–water partition coefficient (Wildman–Crippen LogP) is 3.29. The van der Waals surface area contributed by atoms with Crippen molar-refractivity contribution >= 4 is 5.97 Å². The highest BCUT2D eigenvalue weighted by Gasteiger charge is 2.43. The Morgan fingerprint density at radius 1 is 0.955 bits per heavy atom. The highest BCUT2D eigenvalue weighted by Crippen LogP contribution is 2.42. The van der Waals surface area contributed by atoms with Crippen LogP contribution in [0.5, 0.6) is 0 Å². The highest BCUT2D eigenvalue weighted by molar-refractivity contribution is 5.76. The number of ether oxygens (including phenoxy) is 1. The zero-order chi connectivity index (χ0) is 17.3. The van der Waals surface area contributed by atoms with Crippen molar-refractivity contribution in [3.8, 4) is 0 Å². The van der Waals surface area contributed by atoms with Crippen molar-refractivity contribution in [1.82, 2.24) is 0 Å². The Labute approximate surface area is 135 Å². The summed E-state index contributed by atoms with van der Waals surface area (Å²) in [5, 5.41) is 20.7. The zero-order valence-corrected chi connectivity index (χ0v) is 15.3. The molecular formula is C18H34O4. The van der Waals surface area contributed by atoms with Gasteiger partial charge >= 0.3 is 5.97 Å². The molecule has 0 aliphatic heterocycles. The molecule has 2 unspecified atom stereocenters. The summed E-state index contributed by atoms with van der Waals surface area (Å²) in [5.74, 6) is -0.161. The number of rotatable bonds is 5. The van der Waals surface area contributed by atoms with Crippen LogP contribution in [0.1, 0.15) is 74.1 Å². The molecule has 2 N–H and O–H groups in total. The minimum Gasteiger partial charge on any atom is -0.462 e. The van der Waals surface area contributed by atoms with E-state index in [1.807, 2.05) is 20.8 Å². The molecule has 4 nitrogen and oxygen atoms in total. The van der Waals surface area contributed by atoms with Gasteiger partial charge in [0.2, 0.25) is 0 Å². The van der Waals surface area contributed by atoms with Crippen molar-refractivity contribution in [2.45, 2.75) is 91.5 Å². The molecule has 0 radical (unpaired) electrons. The van der Waals surface area contributed by atoms with Crippen LogP contribution in [0.15, 0.2) is 0 Å². The maximum Gasteiger partial charge on any atom is 0.311 e. The first-order valence-electron chi connectivity index (χ1n) is 8.43. The van der Waals surface area contributed by atoms with Crippen molar-refractivity contribution in [2.75, 3.05) is 0 Å². The van der Waals surface area contributed by atoms with E-state index in [-0.39, 0.29) is 23.9 Å². The van der Waals surface area contributed by atoms with Crippen LogP contribution in [0, 0.1) is 17.3 Å². The largest absolute Gasteiger partial charge is 0.462 e. The molecule has 0 aromatic rings. The van der Waals surface area contributed by atoms with E-state index in [2.05, 4.69) is 0 Å². The summed E-state index contributed by atoms with van der Waals surface area (Å²) >= 11 is 0. The molecule has 1 fully saturated rings. The second-order valence-electron chi connectivity index (χ2n) is 8.67. The van der Waals surface area contributed by atoms with Crippen LogP contribution in [-0.4, -0.2) is 33.5 Å². The number of hydrogen-bond acceptors (Lipinski definition) is 4. The lowest BCUT2D eigenvalue weighted by molar-refractivity contribution is -0.169. The van der Waals surface area contributed by atoms with E-state index in [0.717, 1.165) is 12.8 Å². The van der Waals surface area contributed by atoms with E-state index in [0.29, 0.717) is 12.8 Å². The fourth-order valence-electron chi connectivity index (χ4n) is 2.97. The average molecular weight is 314 g/mol. The quantitative estimate of drug-likeness (QED) is 0.764. The monoisotopic (exact) mass is 314 g/mol. The number of carbonyl (C=O) groups excluding carboxylic acids is 1. The molecule has 22 heavy (non-hydrogen) atoms. The van der Waals surface area contributed by atoms with Crippen LogP contribution >= 0.6 is 0 Å². The lowest BCUT2D eigenvalue weighted by atomic mass is 9.68. The standard InChI is InChI=1S/C18H34O4/c1-8-16(2,3)15(19)22-14-10-12(17(4,5)20)9-13(11-14)18(6,7)21/h12-14,20-21H,8-11H2,1-7H3. The van der Waals surface area contributed by atoms with E-state index in [9.17, 15) is 15.0 Å². The van der Waals surface area contributed by atoms with Gasteiger partial charge in [-0.15, -0.1) is 0 Å². The molecule has 0 spiro atoms. The van der Waals surface area contributed by atoms with Gasteiger partial charge in [0.15, 0.2) is 0 Å². The summed E-state index contributed by atoms with van der Waals surface area (Å²) in [6, 6.07) is 0. The molecule has 1 aliphatic carbocycles. The molecule has 0 bridgehead atoms. The Bertz CT molecular complexity index is 365. The average Bonchev–Trinajstić information content (AvgIpc) is 2.36. The molecule has 1 saturated carbocycles. The maximum absolute atomic E-state index is 12.3. The van der Waals surface area contributed by atoms with Crippen molar-refractivity contribution in [1.29, 1.82) is 0 Å². The Balaban J connectivity index is 2.88. The van der Waals surface area contributed by atoms with E-state index >= 15 is 0 Å². The normalized spacial score (nSPS) is 27.6. The minimum atomic E-state index is -0.838. The molecule has 0 amide bonds. The Kier molecular flexibility index (Phi) is 5.73. The van der Waals surface area contributed by atoms with Gasteiger partial charge in [0.25, 0.3) is 0 Å². The first kappa shape index (κ1) is 19.4. The first-order chi connectivity index (χ1) is 9.77. The molecule has 0 aromatic carbocycles. The summed E-state index contributed by atoms with van der Waals surface area (Å²) in [5.41, 5.74) is -2.17. The van der Waals surface area contributed by atoms with Gasteiger partial charge in [-0.2, -0.15) is 0 Å². The van der Waals surface area contributed by atoms with Crippen molar-refractivity contribution < 1.29 is 19.7 Å². The van der Waals surface area contributed by atoms with Gasteiger partial charge in [0.1, 0.15) is 6.10 Å². The van der Waals surface area contributed by atoms with Crippen LogP contribution in [0.4, 0.5) is 0 Å². The number of esters is 1. The van der Waals surface area contributed by atoms with Crippen LogP contribution in [-0.2, 0) is 9.53 Å². The number of aliphatic hydroxyl groups is 2. The predicted molar refractivity (Wildman–Crippen MR) is 87.4 cm³/mol. The molecule has 0 heterocycles. The van der Waals surface area contributed by atoms with Crippen molar-refractivity contribution in [2.24, 2.45) is 17.3 Å². The van der Waals surface area contributed by atoms with Crippen LogP contribution in [0.2, 0.25) is 0 Å². The Morgan fingerprint density at radius 3 is 1.68 bits per heavy atom. The van der Waals surface area contributed by atoms with E-state index in [1.165, 1.54) is 0 Å². The molecule has 0 aromatic heterocycles. The summed E-state index contributed by atoms with van der Waals surface area (Å²) in [6.45, 7) is 12.9. The van der Waals surface area contributed by atoms with Gasteiger partial charge in [-0.3, -0.25) is 4.79 Å². The molecule has 130 valence electrons. The fraction of sp³-hybridized carbons (Fsp3) is 0.944. The van der Waals surface area contributed by atoms with Crippen LogP contribution in [0.25, 0.3) is 0 Å². The second-order valence-corrected chi connectivity index (χ2v) is 8.67. The van der Waals surface area contributed by atoms with Gasteiger partial charge in [0.05, 0.1) is 16.6 Å². The van der Waals surface area contributed by atoms with Crippen LogP contribution in [0.3, 0.4) is 0 Å². The lowest BCUT2D eigenvalue weighted by Gasteiger charge is -2.44. The first-order valence-corrected chi connectivity index (χ1v) is 8.43.